The van der Waals surface area contributed by atoms with Gasteiger partial charge >= 0.3 is 0 Å². The van der Waals surface area contributed by atoms with E-state index < -0.39 is 0 Å². The Bertz CT molecular complexity index is 2740. The van der Waals surface area contributed by atoms with Crippen molar-refractivity contribution in [2.24, 2.45) is 0 Å². The fraction of sp³-hybridized carbons (Fsp3) is 0.0952. The van der Waals surface area contributed by atoms with Crippen LogP contribution in [0.15, 0.2) is 72.8 Å². The van der Waals surface area contributed by atoms with E-state index in [0.29, 0.717) is 11.1 Å². The molecule has 10 aromatic rings. The summed E-state index contributed by atoms with van der Waals surface area (Å²) >= 11 is 0. The van der Waals surface area contributed by atoms with E-state index in [9.17, 15) is 10.5 Å². The first-order chi connectivity index (χ1) is 23.5. The van der Waals surface area contributed by atoms with E-state index in [1.54, 1.807) is 28.4 Å². The van der Waals surface area contributed by atoms with Crippen molar-refractivity contribution in [2.75, 3.05) is 28.4 Å². The van der Waals surface area contributed by atoms with Gasteiger partial charge in [-0.05, 0) is 170 Å². The minimum absolute atomic E-state index is 0.573. The largest absolute Gasteiger partial charge is 0.497 e. The summed E-state index contributed by atoms with van der Waals surface area (Å²) in [4.78, 5) is 0. The molecule has 0 aliphatic rings. The lowest BCUT2D eigenvalue weighted by molar-refractivity contribution is 0.414. The maximum Gasteiger partial charge on any atom is 0.120 e. The second kappa shape index (κ2) is 9.06. The Hall–Kier alpha value is -6.50. The second-order valence-corrected chi connectivity index (χ2v) is 12.5. The van der Waals surface area contributed by atoms with Crippen LogP contribution < -0.4 is 18.9 Å². The SMILES string of the molecule is COc1cc2cc(OC)cc3c2c(c1)c1c2cc(C#N)cc4c5c6cc(OC)cc7cc(OC)cc(c76)c5c5cc(C#N)cc(c31)c5c24. The van der Waals surface area contributed by atoms with Crippen molar-refractivity contribution in [3.63, 3.8) is 0 Å². The van der Waals surface area contributed by atoms with Gasteiger partial charge in [-0.2, -0.15) is 10.5 Å². The van der Waals surface area contributed by atoms with E-state index in [2.05, 4.69) is 36.4 Å². The summed E-state index contributed by atoms with van der Waals surface area (Å²) < 4.78 is 23.2. The summed E-state index contributed by atoms with van der Waals surface area (Å²) in [5.41, 5.74) is 1.15. The summed E-state index contributed by atoms with van der Waals surface area (Å²) in [6.07, 6.45) is 0. The van der Waals surface area contributed by atoms with Crippen molar-refractivity contribution < 1.29 is 18.9 Å². The third-order valence-electron chi connectivity index (χ3n) is 10.4. The molecule has 6 nitrogen and oxygen atoms in total. The molecule has 10 aromatic carbocycles. The highest BCUT2D eigenvalue weighted by Crippen LogP contribution is 2.55. The van der Waals surface area contributed by atoms with Gasteiger partial charge in [-0.25, -0.2) is 0 Å². The second-order valence-electron chi connectivity index (χ2n) is 12.5. The van der Waals surface area contributed by atoms with Crippen LogP contribution in [0, 0.1) is 22.7 Å². The minimum Gasteiger partial charge on any atom is -0.497 e. The van der Waals surface area contributed by atoms with Crippen molar-refractivity contribution in [1.82, 2.24) is 0 Å². The van der Waals surface area contributed by atoms with E-state index in [1.807, 2.05) is 48.5 Å². The molecule has 0 atom stereocenters. The van der Waals surface area contributed by atoms with Crippen LogP contribution in [0.1, 0.15) is 11.1 Å². The number of fused-ring (bicyclic) bond motifs is 10. The van der Waals surface area contributed by atoms with Gasteiger partial charge in [-0.1, -0.05) is 0 Å². The van der Waals surface area contributed by atoms with Crippen LogP contribution in [0.4, 0.5) is 0 Å². The van der Waals surface area contributed by atoms with Crippen LogP contribution in [0.5, 0.6) is 23.0 Å². The van der Waals surface area contributed by atoms with Crippen LogP contribution in [0.3, 0.4) is 0 Å². The summed E-state index contributed by atoms with van der Waals surface area (Å²) in [7, 11) is 6.70. The van der Waals surface area contributed by atoms with Gasteiger partial charge in [0.2, 0.25) is 0 Å². The lowest BCUT2D eigenvalue weighted by Crippen LogP contribution is -1.91. The minimum atomic E-state index is 0.573. The number of hydrogen-bond donors (Lipinski definition) is 0. The van der Waals surface area contributed by atoms with Gasteiger partial charge in [-0.15, -0.1) is 0 Å². The molecule has 226 valence electrons. The van der Waals surface area contributed by atoms with Gasteiger partial charge in [0.15, 0.2) is 0 Å². The molecule has 6 heteroatoms. The Labute approximate surface area is 273 Å². The normalized spacial score (nSPS) is 12.1. The molecule has 0 amide bonds. The third-order valence-corrected chi connectivity index (χ3v) is 10.4. The van der Waals surface area contributed by atoms with Crippen LogP contribution in [-0.4, -0.2) is 28.4 Å². The van der Waals surface area contributed by atoms with Crippen molar-refractivity contribution in [1.29, 1.82) is 10.5 Å². The maximum absolute atomic E-state index is 10.5. The van der Waals surface area contributed by atoms with Crippen LogP contribution >= 0.6 is 0 Å². The standard InChI is InChI=1S/C42H24N2O4/c1-45-23-9-21-10-24(46-2)14-32-35(21)31(13-23)39-27-5-19(17-43)7-29-37(27)38-28(40(32)39)6-20(18-44)8-30(38)42-34-16-26(48-4)12-22-11-25(47-3)15-33(36(22)34)41(29)42/h5-16H,1-4H3. The number of benzene rings is 8. The molecule has 10 rings (SSSR count). The molecular weight excluding hydrogens is 596 g/mol. The molecule has 0 unspecified atom stereocenters. The van der Waals surface area contributed by atoms with Gasteiger partial charge in [0.05, 0.1) is 51.7 Å². The molecule has 0 heterocycles. The van der Waals surface area contributed by atoms with Crippen LogP contribution in [-0.2, 0) is 0 Å². The van der Waals surface area contributed by atoms with E-state index in [0.717, 1.165) is 120 Å². The third kappa shape index (κ3) is 3.10. The number of rotatable bonds is 4. The lowest BCUT2D eigenvalue weighted by Gasteiger charge is -2.17. The first-order valence-corrected chi connectivity index (χ1v) is 15.6. The van der Waals surface area contributed by atoms with Crippen molar-refractivity contribution in [3.8, 4) is 35.1 Å². The molecule has 0 spiro atoms. The Morgan fingerprint density at radius 3 is 0.771 bits per heavy atom. The predicted molar refractivity (Wildman–Crippen MR) is 193 cm³/mol. The van der Waals surface area contributed by atoms with E-state index in [4.69, 9.17) is 18.9 Å². The average Bonchev–Trinajstić information content (AvgIpc) is 3.64. The number of nitrogens with zero attached hydrogens (tertiary/aromatic N) is 2. The fourth-order valence-electron chi connectivity index (χ4n) is 8.58. The van der Waals surface area contributed by atoms with Gasteiger partial charge in [-0.3, -0.25) is 0 Å². The van der Waals surface area contributed by atoms with Crippen LogP contribution in [0.25, 0.3) is 97.0 Å². The molecular formula is C42H24N2O4. The molecule has 0 aliphatic carbocycles. The number of ether oxygens (including phenoxy) is 4. The fourth-order valence-corrected chi connectivity index (χ4v) is 8.58. The zero-order chi connectivity index (χ0) is 32.6. The van der Waals surface area contributed by atoms with Gasteiger partial charge < -0.3 is 18.9 Å². The molecule has 0 fully saturated rings. The highest BCUT2D eigenvalue weighted by Gasteiger charge is 2.27. The molecule has 0 N–H and O–H groups in total. The highest BCUT2D eigenvalue weighted by molar-refractivity contribution is 6.52. The lowest BCUT2D eigenvalue weighted by atomic mass is 9.85. The van der Waals surface area contributed by atoms with E-state index >= 15 is 0 Å². The van der Waals surface area contributed by atoms with Gasteiger partial charge in [0.25, 0.3) is 0 Å². The molecule has 0 bridgehead atoms. The van der Waals surface area contributed by atoms with E-state index in [-0.39, 0.29) is 0 Å². The first kappa shape index (κ1) is 26.7. The number of hydrogen-bond acceptors (Lipinski definition) is 6. The molecule has 0 saturated heterocycles. The quantitative estimate of drug-likeness (QED) is 0.182. The molecule has 0 aliphatic heterocycles. The highest BCUT2D eigenvalue weighted by atomic mass is 16.5. The summed E-state index contributed by atoms with van der Waals surface area (Å²) in [6.45, 7) is 0. The number of nitriles is 2. The van der Waals surface area contributed by atoms with E-state index in [1.165, 1.54) is 0 Å². The zero-order valence-electron chi connectivity index (χ0n) is 26.5. The smallest absolute Gasteiger partial charge is 0.120 e. The Kier molecular flexibility index (Phi) is 5.04. The molecule has 0 aromatic heterocycles. The molecule has 0 saturated carbocycles. The Morgan fingerprint density at radius 2 is 0.562 bits per heavy atom. The van der Waals surface area contributed by atoms with Gasteiger partial charge in [0, 0.05) is 0 Å². The van der Waals surface area contributed by atoms with Crippen molar-refractivity contribution >= 4 is 97.0 Å². The van der Waals surface area contributed by atoms with Crippen LogP contribution in [0.2, 0.25) is 0 Å². The van der Waals surface area contributed by atoms with Gasteiger partial charge in [0.1, 0.15) is 23.0 Å². The zero-order valence-corrected chi connectivity index (χ0v) is 26.5. The first-order valence-electron chi connectivity index (χ1n) is 15.6. The topological polar surface area (TPSA) is 84.5 Å². The number of methoxy groups -OCH3 is 4. The predicted octanol–water partition coefficient (Wildman–Crippen LogP) is 10.2. The van der Waals surface area contributed by atoms with Crippen molar-refractivity contribution in [2.45, 2.75) is 0 Å². The summed E-state index contributed by atoms with van der Waals surface area (Å²) in [5, 5.41) is 39.5. The molecule has 0 radical (unpaired) electrons. The molecule has 48 heavy (non-hydrogen) atoms. The summed E-state index contributed by atoms with van der Waals surface area (Å²) in [5.74, 6) is 2.93. The summed E-state index contributed by atoms with van der Waals surface area (Å²) in [6, 6.07) is 29.5. The monoisotopic (exact) mass is 620 g/mol. The Morgan fingerprint density at radius 1 is 0.333 bits per heavy atom. The maximum atomic E-state index is 10.5. The average molecular weight is 621 g/mol. The van der Waals surface area contributed by atoms with Crippen molar-refractivity contribution in [3.05, 3.63) is 83.9 Å². The Balaban J connectivity index is 1.62.